The van der Waals surface area contributed by atoms with Crippen LogP contribution in [0.15, 0.2) is 28.8 Å². The molecule has 5 heteroatoms. The average molecular weight is 245 g/mol. The maximum Gasteiger partial charge on any atom is 0.229 e. The molecule has 94 valence electrons. The molecule has 0 saturated heterocycles. The predicted octanol–water partition coefficient (Wildman–Crippen LogP) is 2.00. The van der Waals surface area contributed by atoms with Crippen LogP contribution in [0.3, 0.4) is 0 Å². The van der Waals surface area contributed by atoms with Gasteiger partial charge in [-0.05, 0) is 18.9 Å². The van der Waals surface area contributed by atoms with Crippen LogP contribution in [-0.2, 0) is 0 Å². The summed E-state index contributed by atoms with van der Waals surface area (Å²) in [6.45, 7) is 0. The van der Waals surface area contributed by atoms with Gasteiger partial charge in [-0.1, -0.05) is 23.4 Å². The number of rotatable bonds is 4. The van der Waals surface area contributed by atoms with Gasteiger partial charge in [0.2, 0.25) is 5.89 Å². The van der Waals surface area contributed by atoms with Crippen LogP contribution in [0.25, 0.3) is 0 Å². The highest BCUT2D eigenvalue weighted by Crippen LogP contribution is 2.39. The predicted molar refractivity (Wildman–Crippen MR) is 65.3 cm³/mol. The van der Waals surface area contributed by atoms with Crippen molar-refractivity contribution in [3.05, 3.63) is 41.5 Å². The van der Waals surface area contributed by atoms with Crippen LogP contribution in [-0.4, -0.2) is 17.3 Å². The zero-order chi connectivity index (χ0) is 12.5. The Balaban J connectivity index is 1.89. The van der Waals surface area contributed by atoms with Crippen LogP contribution in [0.1, 0.15) is 42.1 Å². The highest BCUT2D eigenvalue weighted by Gasteiger charge is 2.30. The molecule has 1 aromatic carbocycles. The van der Waals surface area contributed by atoms with Gasteiger partial charge in [0, 0.05) is 11.5 Å². The van der Waals surface area contributed by atoms with E-state index in [0.717, 1.165) is 24.2 Å². The summed E-state index contributed by atoms with van der Waals surface area (Å²) >= 11 is 0. The highest BCUT2D eigenvalue weighted by molar-refractivity contribution is 5.38. The second-order valence-corrected chi connectivity index (χ2v) is 4.48. The largest absolute Gasteiger partial charge is 0.496 e. The number of hydrogen-bond acceptors (Lipinski definition) is 5. The second-order valence-electron chi connectivity index (χ2n) is 4.48. The maximum atomic E-state index is 6.16. The molecule has 0 aliphatic heterocycles. The molecule has 0 amide bonds. The molecule has 0 unspecified atom stereocenters. The fourth-order valence-corrected chi connectivity index (χ4v) is 1.93. The Labute approximate surface area is 105 Å². The smallest absolute Gasteiger partial charge is 0.229 e. The Hall–Kier alpha value is -1.88. The molecule has 0 spiro atoms. The molecular formula is C13H15N3O2. The van der Waals surface area contributed by atoms with Crippen LogP contribution in [0.4, 0.5) is 0 Å². The van der Waals surface area contributed by atoms with Gasteiger partial charge >= 0.3 is 0 Å². The molecule has 1 fully saturated rings. The van der Waals surface area contributed by atoms with Gasteiger partial charge in [-0.2, -0.15) is 4.98 Å². The summed E-state index contributed by atoms with van der Waals surface area (Å²) < 4.78 is 10.5. The normalized spacial score (nSPS) is 16.6. The van der Waals surface area contributed by atoms with Crippen LogP contribution in [0.2, 0.25) is 0 Å². The second kappa shape index (κ2) is 4.42. The van der Waals surface area contributed by atoms with E-state index < -0.39 is 6.04 Å². The summed E-state index contributed by atoms with van der Waals surface area (Å²) in [5, 5.41) is 3.96. The third-order valence-corrected chi connectivity index (χ3v) is 3.14. The van der Waals surface area contributed by atoms with E-state index in [1.807, 2.05) is 24.3 Å². The van der Waals surface area contributed by atoms with Gasteiger partial charge in [0.1, 0.15) is 5.75 Å². The first-order valence-electron chi connectivity index (χ1n) is 6.01. The van der Waals surface area contributed by atoms with Gasteiger partial charge in [0.25, 0.3) is 0 Å². The highest BCUT2D eigenvalue weighted by atomic mass is 16.5. The molecule has 3 rings (SSSR count). The van der Waals surface area contributed by atoms with Gasteiger partial charge in [0.15, 0.2) is 5.82 Å². The fraction of sp³-hybridized carbons (Fsp3) is 0.385. The summed E-state index contributed by atoms with van der Waals surface area (Å²) in [6.07, 6.45) is 2.26. The van der Waals surface area contributed by atoms with Gasteiger partial charge in [-0.15, -0.1) is 0 Å². The lowest BCUT2D eigenvalue weighted by molar-refractivity contribution is 0.371. The number of aromatic nitrogens is 2. The first kappa shape index (κ1) is 11.2. The van der Waals surface area contributed by atoms with Gasteiger partial charge < -0.3 is 15.0 Å². The lowest BCUT2D eigenvalue weighted by atomic mass is 10.1. The lowest BCUT2D eigenvalue weighted by Crippen LogP contribution is -2.14. The number of para-hydroxylation sites is 1. The third kappa shape index (κ3) is 1.97. The number of nitrogens with two attached hydrogens (primary N) is 1. The Morgan fingerprint density at radius 1 is 1.39 bits per heavy atom. The van der Waals surface area contributed by atoms with E-state index in [4.69, 9.17) is 15.0 Å². The first-order chi connectivity index (χ1) is 8.79. The maximum absolute atomic E-state index is 6.16. The average Bonchev–Trinajstić information content (AvgIpc) is 3.16. The van der Waals surface area contributed by atoms with E-state index in [1.165, 1.54) is 0 Å². The van der Waals surface area contributed by atoms with Crippen molar-refractivity contribution in [1.82, 2.24) is 10.1 Å². The molecule has 2 N–H and O–H groups in total. The van der Waals surface area contributed by atoms with E-state index in [9.17, 15) is 0 Å². The van der Waals surface area contributed by atoms with Crippen molar-refractivity contribution < 1.29 is 9.26 Å². The van der Waals surface area contributed by atoms with Crippen molar-refractivity contribution in [1.29, 1.82) is 0 Å². The number of benzene rings is 1. The molecule has 1 aliphatic rings. The van der Waals surface area contributed by atoms with Crippen molar-refractivity contribution in [2.75, 3.05) is 7.11 Å². The fourth-order valence-electron chi connectivity index (χ4n) is 1.93. The van der Waals surface area contributed by atoms with Crippen molar-refractivity contribution in [2.45, 2.75) is 24.8 Å². The molecule has 0 radical (unpaired) electrons. The van der Waals surface area contributed by atoms with E-state index in [2.05, 4.69) is 10.1 Å². The summed E-state index contributed by atoms with van der Waals surface area (Å²) in [7, 11) is 1.62. The zero-order valence-corrected chi connectivity index (χ0v) is 10.2. The number of ether oxygens (including phenoxy) is 1. The molecule has 1 aliphatic carbocycles. The summed E-state index contributed by atoms with van der Waals surface area (Å²) in [6, 6.07) is 7.19. The molecule has 1 aromatic heterocycles. The Morgan fingerprint density at radius 3 is 2.89 bits per heavy atom. The summed E-state index contributed by atoms with van der Waals surface area (Å²) in [5.74, 6) is 2.40. The Bertz CT molecular complexity index is 549. The molecule has 1 atom stereocenters. The van der Waals surface area contributed by atoms with E-state index in [1.54, 1.807) is 7.11 Å². The van der Waals surface area contributed by atoms with Crippen LogP contribution in [0.5, 0.6) is 5.75 Å². The standard InChI is InChI=1S/C13H15N3O2/c1-17-10-5-3-2-4-9(10)11(14)12-15-13(18-16-12)8-6-7-8/h2-5,8,11H,6-7,14H2,1H3/t11-/m0/s1. The summed E-state index contributed by atoms with van der Waals surface area (Å²) in [5.41, 5.74) is 7.03. The molecule has 2 aromatic rings. The molecule has 5 nitrogen and oxygen atoms in total. The van der Waals surface area contributed by atoms with Crippen molar-refractivity contribution >= 4 is 0 Å². The third-order valence-electron chi connectivity index (χ3n) is 3.14. The van der Waals surface area contributed by atoms with Crippen molar-refractivity contribution in [2.24, 2.45) is 5.73 Å². The Kier molecular flexibility index (Phi) is 2.76. The minimum absolute atomic E-state index is 0.419. The molecule has 1 heterocycles. The minimum atomic E-state index is -0.419. The number of nitrogens with zero attached hydrogens (tertiary/aromatic N) is 2. The van der Waals surface area contributed by atoms with Crippen molar-refractivity contribution in [3.8, 4) is 5.75 Å². The SMILES string of the molecule is COc1ccccc1[C@H](N)c1noc(C2CC2)n1. The van der Waals surface area contributed by atoms with Gasteiger partial charge in [-0.3, -0.25) is 0 Å². The lowest BCUT2D eigenvalue weighted by Gasteiger charge is -2.11. The monoisotopic (exact) mass is 245 g/mol. The molecule has 0 bridgehead atoms. The molecule has 18 heavy (non-hydrogen) atoms. The topological polar surface area (TPSA) is 74.2 Å². The minimum Gasteiger partial charge on any atom is -0.496 e. The first-order valence-corrected chi connectivity index (χ1v) is 6.01. The van der Waals surface area contributed by atoms with E-state index in [-0.39, 0.29) is 0 Å². The quantitative estimate of drug-likeness (QED) is 0.891. The van der Waals surface area contributed by atoms with Gasteiger partial charge in [-0.25, -0.2) is 0 Å². The van der Waals surface area contributed by atoms with Crippen LogP contribution in [0, 0.1) is 0 Å². The van der Waals surface area contributed by atoms with Crippen molar-refractivity contribution in [3.63, 3.8) is 0 Å². The molecular weight excluding hydrogens is 230 g/mol. The Morgan fingerprint density at radius 2 is 2.17 bits per heavy atom. The van der Waals surface area contributed by atoms with E-state index in [0.29, 0.717) is 17.6 Å². The summed E-state index contributed by atoms with van der Waals surface area (Å²) in [4.78, 5) is 4.37. The van der Waals surface area contributed by atoms with Crippen LogP contribution < -0.4 is 10.5 Å². The molecule has 1 saturated carbocycles. The van der Waals surface area contributed by atoms with Crippen LogP contribution >= 0.6 is 0 Å². The number of methoxy groups -OCH3 is 1. The van der Waals surface area contributed by atoms with E-state index >= 15 is 0 Å². The van der Waals surface area contributed by atoms with Gasteiger partial charge in [0.05, 0.1) is 13.2 Å². The number of hydrogen-bond donors (Lipinski definition) is 1. The zero-order valence-electron chi connectivity index (χ0n) is 10.2.